The lowest BCUT2D eigenvalue weighted by Crippen LogP contribution is -2.20. The number of hydrogen-bond donors (Lipinski definition) is 2. The quantitative estimate of drug-likeness (QED) is 0.856. The van der Waals surface area contributed by atoms with Gasteiger partial charge in [-0.05, 0) is 36.1 Å². The Labute approximate surface area is 111 Å². The van der Waals surface area contributed by atoms with Gasteiger partial charge in [0.2, 0.25) is 0 Å². The second kappa shape index (κ2) is 4.62. The maximum Gasteiger partial charge on any atom is 0.165 e. The van der Waals surface area contributed by atoms with Crippen molar-refractivity contribution in [3.8, 4) is 6.07 Å². The molecular formula is C15H14N4. The first-order chi connectivity index (χ1) is 9.26. The molecule has 1 aromatic heterocycles. The predicted octanol–water partition coefficient (Wildman–Crippen LogP) is 2.11. The van der Waals surface area contributed by atoms with Gasteiger partial charge in [0, 0.05) is 6.04 Å². The Balaban J connectivity index is 1.76. The molecule has 0 aliphatic heterocycles. The number of benzene rings is 1. The summed E-state index contributed by atoms with van der Waals surface area (Å²) in [4.78, 5) is 4.22. The van der Waals surface area contributed by atoms with Crippen LogP contribution in [0.1, 0.15) is 16.8 Å². The van der Waals surface area contributed by atoms with Crippen molar-refractivity contribution in [2.45, 2.75) is 18.9 Å². The van der Waals surface area contributed by atoms with E-state index in [1.54, 1.807) is 6.07 Å². The van der Waals surface area contributed by atoms with E-state index in [0.717, 1.165) is 12.8 Å². The number of hydrogen-bond acceptors (Lipinski definition) is 4. The number of nitrogen functional groups attached to an aromatic ring is 1. The molecule has 4 heteroatoms. The molecule has 0 amide bonds. The third kappa shape index (κ3) is 2.23. The van der Waals surface area contributed by atoms with Crippen LogP contribution in [0.15, 0.2) is 36.4 Å². The van der Waals surface area contributed by atoms with Gasteiger partial charge in [0.05, 0.1) is 5.69 Å². The lowest BCUT2D eigenvalue weighted by molar-refractivity contribution is 0.768. The van der Waals surface area contributed by atoms with Gasteiger partial charge in [-0.25, -0.2) is 4.98 Å². The summed E-state index contributed by atoms with van der Waals surface area (Å²) in [6.07, 6.45) is 1.98. The van der Waals surface area contributed by atoms with Crippen molar-refractivity contribution >= 4 is 11.5 Å². The molecule has 3 N–H and O–H groups in total. The van der Waals surface area contributed by atoms with Gasteiger partial charge < -0.3 is 11.1 Å². The second-order valence-corrected chi connectivity index (χ2v) is 4.76. The zero-order chi connectivity index (χ0) is 13.2. The Morgan fingerprint density at radius 1 is 1.16 bits per heavy atom. The molecule has 2 aromatic rings. The third-order valence-electron chi connectivity index (χ3n) is 3.44. The number of nitrogens with one attached hydrogen (secondary N) is 1. The number of anilines is 2. The fraction of sp³-hybridized carbons (Fsp3) is 0.200. The van der Waals surface area contributed by atoms with Gasteiger partial charge >= 0.3 is 0 Å². The minimum Gasteiger partial charge on any atom is -0.396 e. The van der Waals surface area contributed by atoms with Gasteiger partial charge in [-0.1, -0.05) is 24.3 Å². The maximum atomic E-state index is 8.93. The lowest BCUT2D eigenvalue weighted by Gasteiger charge is -2.13. The van der Waals surface area contributed by atoms with Crippen LogP contribution in [0.2, 0.25) is 0 Å². The minimum atomic E-state index is 0.278. The molecule has 94 valence electrons. The zero-order valence-corrected chi connectivity index (χ0v) is 10.4. The molecule has 0 atom stereocenters. The Kier molecular flexibility index (Phi) is 2.81. The summed E-state index contributed by atoms with van der Waals surface area (Å²) in [6, 6.07) is 14.3. The van der Waals surface area contributed by atoms with Gasteiger partial charge in [-0.2, -0.15) is 5.26 Å². The zero-order valence-electron chi connectivity index (χ0n) is 10.4. The molecule has 1 aromatic carbocycles. The van der Waals surface area contributed by atoms with Crippen molar-refractivity contribution in [1.29, 1.82) is 5.26 Å². The number of fused-ring (bicyclic) bond motifs is 1. The van der Waals surface area contributed by atoms with Gasteiger partial charge in [-0.3, -0.25) is 0 Å². The van der Waals surface area contributed by atoms with Crippen LogP contribution >= 0.6 is 0 Å². The van der Waals surface area contributed by atoms with E-state index in [9.17, 15) is 0 Å². The number of aromatic nitrogens is 1. The molecule has 19 heavy (non-hydrogen) atoms. The minimum absolute atomic E-state index is 0.278. The highest BCUT2D eigenvalue weighted by Crippen LogP contribution is 2.24. The summed E-state index contributed by atoms with van der Waals surface area (Å²) in [5, 5.41) is 12.3. The van der Waals surface area contributed by atoms with Crippen LogP contribution in [0.4, 0.5) is 11.5 Å². The summed E-state index contributed by atoms with van der Waals surface area (Å²) >= 11 is 0. The summed E-state index contributed by atoms with van der Waals surface area (Å²) in [5.41, 5.74) is 9.13. The normalized spacial score (nSPS) is 13.8. The SMILES string of the molecule is N#Cc1nc(NC2Cc3ccccc3C2)ccc1N. The monoisotopic (exact) mass is 250 g/mol. The fourth-order valence-electron chi connectivity index (χ4n) is 2.51. The van der Waals surface area contributed by atoms with Crippen LogP contribution in [0, 0.1) is 11.3 Å². The van der Waals surface area contributed by atoms with E-state index in [-0.39, 0.29) is 5.69 Å². The highest BCUT2D eigenvalue weighted by atomic mass is 15.0. The highest BCUT2D eigenvalue weighted by Gasteiger charge is 2.21. The third-order valence-corrected chi connectivity index (χ3v) is 3.44. The molecule has 1 aliphatic rings. The van der Waals surface area contributed by atoms with E-state index >= 15 is 0 Å². The predicted molar refractivity (Wildman–Crippen MR) is 74.6 cm³/mol. The van der Waals surface area contributed by atoms with E-state index in [1.807, 2.05) is 12.1 Å². The van der Waals surface area contributed by atoms with Crippen molar-refractivity contribution in [2.75, 3.05) is 11.1 Å². The van der Waals surface area contributed by atoms with Crippen LogP contribution in [-0.2, 0) is 12.8 Å². The molecule has 0 saturated carbocycles. The summed E-state index contributed by atoms with van der Waals surface area (Å²) < 4.78 is 0. The van der Waals surface area contributed by atoms with Crippen LogP contribution in [0.3, 0.4) is 0 Å². The van der Waals surface area contributed by atoms with E-state index in [4.69, 9.17) is 11.0 Å². The van der Waals surface area contributed by atoms with Crippen LogP contribution in [-0.4, -0.2) is 11.0 Å². The Morgan fingerprint density at radius 2 is 1.84 bits per heavy atom. The molecule has 4 nitrogen and oxygen atoms in total. The van der Waals surface area contributed by atoms with Crippen molar-refractivity contribution < 1.29 is 0 Å². The molecule has 0 radical (unpaired) electrons. The van der Waals surface area contributed by atoms with Gasteiger partial charge in [0.25, 0.3) is 0 Å². The largest absolute Gasteiger partial charge is 0.396 e. The first kappa shape index (κ1) is 11.5. The van der Waals surface area contributed by atoms with E-state index < -0.39 is 0 Å². The second-order valence-electron chi connectivity index (χ2n) is 4.76. The molecule has 0 fully saturated rings. The van der Waals surface area contributed by atoms with Crippen LogP contribution in [0.25, 0.3) is 0 Å². The number of nitrogens with two attached hydrogens (primary N) is 1. The maximum absolute atomic E-state index is 8.93. The fourth-order valence-corrected chi connectivity index (χ4v) is 2.51. The molecular weight excluding hydrogens is 236 g/mol. The van der Waals surface area contributed by atoms with Crippen molar-refractivity contribution in [3.05, 3.63) is 53.2 Å². The first-order valence-electron chi connectivity index (χ1n) is 6.26. The van der Waals surface area contributed by atoms with Crippen molar-refractivity contribution in [2.24, 2.45) is 0 Å². The Bertz CT molecular complexity index is 632. The number of nitriles is 1. The van der Waals surface area contributed by atoms with Crippen LogP contribution < -0.4 is 11.1 Å². The molecule has 3 rings (SSSR count). The summed E-state index contributed by atoms with van der Waals surface area (Å²) in [6.45, 7) is 0. The molecule has 1 heterocycles. The van der Waals surface area contributed by atoms with E-state index in [0.29, 0.717) is 17.5 Å². The van der Waals surface area contributed by atoms with E-state index in [2.05, 4.69) is 34.6 Å². The topological polar surface area (TPSA) is 74.7 Å². The van der Waals surface area contributed by atoms with Gasteiger partial charge in [-0.15, -0.1) is 0 Å². The lowest BCUT2D eigenvalue weighted by atomic mass is 10.1. The van der Waals surface area contributed by atoms with Gasteiger partial charge in [0.1, 0.15) is 11.9 Å². The standard InChI is InChI=1S/C15H14N4/c16-9-14-13(17)5-6-15(19-14)18-12-7-10-3-1-2-4-11(10)8-12/h1-6,12H,7-8,17H2,(H,18,19). The van der Waals surface area contributed by atoms with Crippen molar-refractivity contribution in [3.63, 3.8) is 0 Å². The first-order valence-corrected chi connectivity index (χ1v) is 6.26. The average Bonchev–Trinajstić information content (AvgIpc) is 2.83. The average molecular weight is 250 g/mol. The molecule has 0 bridgehead atoms. The number of pyridine rings is 1. The Hall–Kier alpha value is -2.54. The summed E-state index contributed by atoms with van der Waals surface area (Å²) in [7, 11) is 0. The number of rotatable bonds is 2. The molecule has 0 unspecified atom stereocenters. The molecule has 0 saturated heterocycles. The van der Waals surface area contributed by atoms with Crippen molar-refractivity contribution in [1.82, 2.24) is 4.98 Å². The van der Waals surface area contributed by atoms with Gasteiger partial charge in [0.15, 0.2) is 5.69 Å². The summed E-state index contributed by atoms with van der Waals surface area (Å²) in [5.74, 6) is 0.712. The van der Waals surface area contributed by atoms with Crippen LogP contribution in [0.5, 0.6) is 0 Å². The number of nitrogens with zero attached hydrogens (tertiary/aromatic N) is 2. The Morgan fingerprint density at radius 3 is 2.47 bits per heavy atom. The molecule has 0 spiro atoms. The molecule has 1 aliphatic carbocycles. The smallest absolute Gasteiger partial charge is 0.165 e. The van der Waals surface area contributed by atoms with E-state index in [1.165, 1.54) is 11.1 Å². The highest BCUT2D eigenvalue weighted by molar-refractivity contribution is 5.55.